The maximum Gasteiger partial charge on any atom is 0.327 e. The van der Waals surface area contributed by atoms with Crippen molar-refractivity contribution in [3.63, 3.8) is 0 Å². The largest absolute Gasteiger partial charge is 0.342 e. The highest BCUT2D eigenvalue weighted by atomic mass is 32.2. The van der Waals surface area contributed by atoms with Crippen LogP contribution in [0.3, 0.4) is 0 Å². The summed E-state index contributed by atoms with van der Waals surface area (Å²) < 4.78 is 0. The Morgan fingerprint density at radius 2 is 1.82 bits per heavy atom. The van der Waals surface area contributed by atoms with Crippen LogP contribution in [0.1, 0.15) is 0 Å². The Bertz CT molecular complexity index is 587. The van der Waals surface area contributed by atoms with E-state index in [9.17, 15) is 9.59 Å². The minimum atomic E-state index is -0.527. The second kappa shape index (κ2) is 4.92. The molecule has 0 spiro atoms. The normalized spacial score (nSPS) is 10.2. The monoisotopic (exact) mass is 249 g/mol. The summed E-state index contributed by atoms with van der Waals surface area (Å²) >= 11 is 1.65. The fourth-order valence-electron chi connectivity index (χ4n) is 1.37. The third-order valence-corrected chi connectivity index (χ3v) is 2.87. The Labute approximate surface area is 101 Å². The molecule has 2 aromatic rings. The number of hydrogen-bond donors (Lipinski definition) is 3. The van der Waals surface area contributed by atoms with E-state index in [1.165, 1.54) is 6.07 Å². The molecule has 0 atom stereocenters. The van der Waals surface area contributed by atoms with Crippen molar-refractivity contribution in [2.24, 2.45) is 0 Å². The van der Waals surface area contributed by atoms with E-state index in [0.717, 1.165) is 10.6 Å². The van der Waals surface area contributed by atoms with Gasteiger partial charge in [0.1, 0.15) is 5.82 Å². The number of H-pyrrole nitrogens is 2. The molecule has 0 amide bonds. The Balaban J connectivity index is 2.25. The fraction of sp³-hybridized carbons (Fsp3) is 0.0909. The molecule has 0 aliphatic carbocycles. The Hall–Kier alpha value is -1.95. The second-order valence-electron chi connectivity index (χ2n) is 3.35. The highest BCUT2D eigenvalue weighted by Crippen LogP contribution is 2.19. The van der Waals surface area contributed by atoms with Crippen LogP contribution < -0.4 is 16.6 Å². The third kappa shape index (κ3) is 3.01. The Morgan fingerprint density at radius 3 is 2.41 bits per heavy atom. The molecular weight excluding hydrogens is 238 g/mol. The van der Waals surface area contributed by atoms with Crippen LogP contribution in [0.4, 0.5) is 11.5 Å². The van der Waals surface area contributed by atoms with Crippen molar-refractivity contribution in [3.05, 3.63) is 51.2 Å². The lowest BCUT2D eigenvalue weighted by molar-refractivity contribution is 1.04. The lowest BCUT2D eigenvalue weighted by Gasteiger charge is -2.05. The van der Waals surface area contributed by atoms with E-state index in [2.05, 4.69) is 15.3 Å². The molecule has 0 bridgehead atoms. The molecule has 5 nitrogen and oxygen atoms in total. The third-order valence-electron chi connectivity index (χ3n) is 2.13. The summed E-state index contributed by atoms with van der Waals surface area (Å²) in [7, 11) is 0. The van der Waals surface area contributed by atoms with Gasteiger partial charge in [0.25, 0.3) is 5.56 Å². The number of anilines is 2. The van der Waals surface area contributed by atoms with Crippen molar-refractivity contribution in [3.8, 4) is 0 Å². The predicted octanol–water partition coefficient (Wildman–Crippen LogP) is 1.53. The topological polar surface area (TPSA) is 77.8 Å². The van der Waals surface area contributed by atoms with Crippen molar-refractivity contribution in [2.75, 3.05) is 11.6 Å². The quantitative estimate of drug-likeness (QED) is 0.721. The highest BCUT2D eigenvalue weighted by molar-refractivity contribution is 7.98. The predicted molar refractivity (Wildman–Crippen MR) is 69.2 cm³/mol. The number of nitrogens with one attached hydrogen (secondary N) is 3. The standard InChI is InChI=1S/C11H11N3O2S/c1-17-8-4-2-7(3-5-8)12-9-6-10(15)14-11(16)13-9/h2-6H,1H3,(H3,12,13,14,15,16). The summed E-state index contributed by atoms with van der Waals surface area (Å²) in [6, 6.07) is 8.97. The molecule has 1 aromatic heterocycles. The van der Waals surface area contributed by atoms with Crippen molar-refractivity contribution < 1.29 is 0 Å². The number of hydrogen-bond acceptors (Lipinski definition) is 4. The van der Waals surface area contributed by atoms with E-state index < -0.39 is 11.2 Å². The molecule has 3 N–H and O–H groups in total. The molecule has 0 aliphatic heterocycles. The van der Waals surface area contributed by atoms with Crippen LogP contribution in [0.15, 0.2) is 44.8 Å². The van der Waals surface area contributed by atoms with Crippen LogP contribution in [0.2, 0.25) is 0 Å². The molecule has 0 saturated heterocycles. The smallest absolute Gasteiger partial charge is 0.327 e. The number of thioether (sulfide) groups is 1. The maximum atomic E-state index is 11.1. The van der Waals surface area contributed by atoms with E-state index in [-0.39, 0.29) is 0 Å². The van der Waals surface area contributed by atoms with E-state index in [1.807, 2.05) is 30.5 Å². The summed E-state index contributed by atoms with van der Waals surface area (Å²) in [5.41, 5.74) is -0.151. The van der Waals surface area contributed by atoms with Crippen LogP contribution >= 0.6 is 11.8 Å². The van der Waals surface area contributed by atoms with E-state index >= 15 is 0 Å². The molecule has 88 valence electrons. The minimum Gasteiger partial charge on any atom is -0.342 e. The average molecular weight is 249 g/mol. The first-order chi connectivity index (χ1) is 8.17. The first-order valence-electron chi connectivity index (χ1n) is 4.92. The zero-order valence-electron chi connectivity index (χ0n) is 9.11. The van der Waals surface area contributed by atoms with Gasteiger partial charge in [-0.2, -0.15) is 0 Å². The fourth-order valence-corrected chi connectivity index (χ4v) is 1.77. The molecular formula is C11H11N3O2S. The van der Waals surface area contributed by atoms with E-state index in [1.54, 1.807) is 11.8 Å². The lowest BCUT2D eigenvalue weighted by atomic mass is 10.3. The number of aromatic nitrogens is 2. The van der Waals surface area contributed by atoms with Gasteiger partial charge in [-0.25, -0.2) is 4.79 Å². The average Bonchev–Trinajstić information content (AvgIpc) is 2.28. The van der Waals surface area contributed by atoms with Crippen LogP contribution in [-0.4, -0.2) is 16.2 Å². The summed E-state index contributed by atoms with van der Waals surface area (Å²) in [5, 5.41) is 2.95. The first-order valence-corrected chi connectivity index (χ1v) is 6.14. The van der Waals surface area contributed by atoms with Gasteiger partial charge in [-0.15, -0.1) is 11.8 Å². The molecule has 0 saturated carbocycles. The van der Waals surface area contributed by atoms with Crippen molar-refractivity contribution >= 4 is 23.3 Å². The molecule has 6 heteroatoms. The van der Waals surface area contributed by atoms with Crippen LogP contribution in [0.5, 0.6) is 0 Å². The van der Waals surface area contributed by atoms with Crippen LogP contribution in [-0.2, 0) is 0 Å². The SMILES string of the molecule is CSc1ccc(Nc2cc(=O)[nH]c(=O)[nH]2)cc1. The maximum absolute atomic E-state index is 11.1. The summed E-state index contributed by atoms with van der Waals surface area (Å²) in [6.45, 7) is 0. The van der Waals surface area contributed by atoms with Gasteiger partial charge in [0, 0.05) is 16.6 Å². The van der Waals surface area contributed by atoms with Gasteiger partial charge in [-0.1, -0.05) is 0 Å². The van der Waals surface area contributed by atoms with Crippen molar-refractivity contribution in [2.45, 2.75) is 4.90 Å². The second-order valence-corrected chi connectivity index (χ2v) is 4.23. The summed E-state index contributed by atoms with van der Waals surface area (Å²) in [4.78, 5) is 27.9. The van der Waals surface area contributed by atoms with Gasteiger partial charge < -0.3 is 5.32 Å². The van der Waals surface area contributed by atoms with Crippen LogP contribution in [0, 0.1) is 0 Å². The Morgan fingerprint density at radius 1 is 1.12 bits per heavy atom. The number of aromatic amines is 2. The van der Waals surface area contributed by atoms with Gasteiger partial charge in [0.05, 0.1) is 0 Å². The van der Waals surface area contributed by atoms with Crippen LogP contribution in [0.25, 0.3) is 0 Å². The molecule has 0 unspecified atom stereocenters. The van der Waals surface area contributed by atoms with Crippen molar-refractivity contribution in [1.82, 2.24) is 9.97 Å². The number of benzene rings is 1. The molecule has 0 radical (unpaired) electrons. The van der Waals surface area contributed by atoms with E-state index in [4.69, 9.17) is 0 Å². The zero-order chi connectivity index (χ0) is 12.3. The molecule has 2 rings (SSSR count). The molecule has 17 heavy (non-hydrogen) atoms. The number of rotatable bonds is 3. The minimum absolute atomic E-state index is 0.371. The van der Waals surface area contributed by atoms with Gasteiger partial charge in [-0.05, 0) is 30.5 Å². The molecule has 1 heterocycles. The first kappa shape index (κ1) is 11.5. The zero-order valence-corrected chi connectivity index (χ0v) is 9.93. The van der Waals surface area contributed by atoms with Gasteiger partial charge in [0.15, 0.2) is 0 Å². The molecule has 1 aromatic carbocycles. The Kier molecular flexibility index (Phi) is 3.34. The summed E-state index contributed by atoms with van der Waals surface area (Å²) in [5.74, 6) is 0.371. The van der Waals surface area contributed by atoms with Gasteiger partial charge >= 0.3 is 5.69 Å². The van der Waals surface area contributed by atoms with Gasteiger partial charge in [-0.3, -0.25) is 14.8 Å². The van der Waals surface area contributed by atoms with Crippen molar-refractivity contribution in [1.29, 1.82) is 0 Å². The molecule has 0 fully saturated rings. The van der Waals surface area contributed by atoms with Gasteiger partial charge in [0.2, 0.25) is 0 Å². The summed E-state index contributed by atoms with van der Waals surface area (Å²) in [6.07, 6.45) is 2.00. The lowest BCUT2D eigenvalue weighted by Crippen LogP contribution is -2.22. The highest BCUT2D eigenvalue weighted by Gasteiger charge is 1.97. The van der Waals surface area contributed by atoms with E-state index in [0.29, 0.717) is 5.82 Å². The molecule has 0 aliphatic rings.